The molecule has 0 radical (unpaired) electrons. The summed E-state index contributed by atoms with van der Waals surface area (Å²) in [7, 11) is 0. The molecule has 0 amide bonds. The van der Waals surface area contributed by atoms with Gasteiger partial charge < -0.3 is 10.2 Å². The van der Waals surface area contributed by atoms with Crippen LogP contribution in [0.4, 0.5) is 0 Å². The molecular formula is C16H22O4. The van der Waals surface area contributed by atoms with Crippen molar-refractivity contribution >= 4 is 11.9 Å². The van der Waals surface area contributed by atoms with E-state index in [0.29, 0.717) is 24.0 Å². The maximum atomic E-state index is 11.4. The van der Waals surface area contributed by atoms with E-state index in [1.807, 2.05) is 27.7 Å². The molecule has 4 nitrogen and oxygen atoms in total. The van der Waals surface area contributed by atoms with Gasteiger partial charge in [-0.05, 0) is 47.9 Å². The van der Waals surface area contributed by atoms with E-state index < -0.39 is 11.9 Å². The summed E-state index contributed by atoms with van der Waals surface area (Å²) >= 11 is 0. The smallest absolute Gasteiger partial charge is 0.335 e. The molecule has 0 bridgehead atoms. The quantitative estimate of drug-likeness (QED) is 0.835. The van der Waals surface area contributed by atoms with Crippen LogP contribution in [0.2, 0.25) is 0 Å². The van der Waals surface area contributed by atoms with Gasteiger partial charge in [0.05, 0.1) is 11.1 Å². The largest absolute Gasteiger partial charge is 0.478 e. The summed E-state index contributed by atoms with van der Waals surface area (Å²) in [5, 5.41) is 18.6. The van der Waals surface area contributed by atoms with Gasteiger partial charge in [0.1, 0.15) is 0 Å². The molecule has 4 heteroatoms. The molecule has 20 heavy (non-hydrogen) atoms. The van der Waals surface area contributed by atoms with Crippen molar-refractivity contribution in [2.45, 2.75) is 40.5 Å². The first kappa shape index (κ1) is 16.2. The lowest BCUT2D eigenvalue weighted by molar-refractivity contribution is 0.0678. The molecule has 0 heterocycles. The Labute approximate surface area is 119 Å². The van der Waals surface area contributed by atoms with Crippen molar-refractivity contribution in [1.82, 2.24) is 0 Å². The van der Waals surface area contributed by atoms with Crippen molar-refractivity contribution in [2.24, 2.45) is 11.8 Å². The zero-order chi connectivity index (χ0) is 15.4. The van der Waals surface area contributed by atoms with Crippen molar-refractivity contribution in [3.8, 4) is 0 Å². The van der Waals surface area contributed by atoms with Gasteiger partial charge in [0, 0.05) is 0 Å². The molecule has 0 aliphatic heterocycles. The highest BCUT2D eigenvalue weighted by molar-refractivity contribution is 5.95. The molecule has 1 aromatic carbocycles. The Morgan fingerprint density at radius 1 is 0.850 bits per heavy atom. The first-order valence-electron chi connectivity index (χ1n) is 6.85. The highest BCUT2D eigenvalue weighted by Crippen LogP contribution is 2.25. The van der Waals surface area contributed by atoms with Crippen molar-refractivity contribution in [3.63, 3.8) is 0 Å². The number of benzene rings is 1. The zero-order valence-electron chi connectivity index (χ0n) is 12.4. The van der Waals surface area contributed by atoms with Crippen LogP contribution in [0.1, 0.15) is 59.5 Å². The molecular weight excluding hydrogens is 256 g/mol. The average molecular weight is 278 g/mol. The first-order chi connectivity index (χ1) is 9.23. The standard InChI is InChI=1S/C16H22O4/c1-9(2)7-13-11(15(17)18)5-6-12(16(19)20)14(13)8-10(3)4/h5-6,9-10H,7-8H2,1-4H3,(H,17,18)(H,19,20). The van der Waals surface area contributed by atoms with Crippen LogP contribution in [0.5, 0.6) is 0 Å². The Kier molecular flexibility index (Phi) is 5.31. The molecule has 1 rings (SSSR count). The average Bonchev–Trinajstić information content (AvgIpc) is 2.28. The van der Waals surface area contributed by atoms with Crippen LogP contribution in [0, 0.1) is 11.8 Å². The van der Waals surface area contributed by atoms with Gasteiger partial charge in [0.25, 0.3) is 0 Å². The van der Waals surface area contributed by atoms with Gasteiger partial charge in [-0.3, -0.25) is 0 Å². The van der Waals surface area contributed by atoms with Crippen LogP contribution in [0.3, 0.4) is 0 Å². The van der Waals surface area contributed by atoms with Crippen molar-refractivity contribution in [2.75, 3.05) is 0 Å². The number of hydrogen-bond donors (Lipinski definition) is 2. The molecule has 0 spiro atoms. The minimum Gasteiger partial charge on any atom is -0.478 e. The summed E-state index contributed by atoms with van der Waals surface area (Å²) in [4.78, 5) is 22.7. The Hall–Kier alpha value is -1.84. The van der Waals surface area contributed by atoms with E-state index in [4.69, 9.17) is 0 Å². The summed E-state index contributed by atoms with van der Waals surface area (Å²) in [6.45, 7) is 7.99. The van der Waals surface area contributed by atoms with E-state index >= 15 is 0 Å². The van der Waals surface area contributed by atoms with E-state index in [2.05, 4.69) is 0 Å². The lowest BCUT2D eigenvalue weighted by Crippen LogP contribution is -2.15. The molecule has 0 unspecified atom stereocenters. The normalized spacial score (nSPS) is 11.1. The van der Waals surface area contributed by atoms with Crippen LogP contribution in [0.15, 0.2) is 12.1 Å². The monoisotopic (exact) mass is 278 g/mol. The van der Waals surface area contributed by atoms with Crippen LogP contribution in [-0.4, -0.2) is 22.2 Å². The highest BCUT2D eigenvalue weighted by Gasteiger charge is 2.21. The summed E-state index contributed by atoms with van der Waals surface area (Å²) in [5.41, 5.74) is 1.78. The number of carboxylic acids is 2. The fourth-order valence-electron chi connectivity index (χ4n) is 2.38. The lowest BCUT2D eigenvalue weighted by atomic mass is 9.86. The van der Waals surface area contributed by atoms with E-state index in [9.17, 15) is 19.8 Å². The second-order valence-corrected chi connectivity index (χ2v) is 5.92. The van der Waals surface area contributed by atoms with Gasteiger partial charge in [-0.15, -0.1) is 0 Å². The lowest BCUT2D eigenvalue weighted by Gasteiger charge is -2.18. The molecule has 0 aliphatic rings. The topological polar surface area (TPSA) is 74.6 Å². The molecule has 110 valence electrons. The summed E-state index contributed by atoms with van der Waals surface area (Å²) < 4.78 is 0. The van der Waals surface area contributed by atoms with Gasteiger partial charge in [-0.2, -0.15) is 0 Å². The van der Waals surface area contributed by atoms with Crippen LogP contribution in [-0.2, 0) is 12.8 Å². The third-order valence-corrected chi connectivity index (χ3v) is 3.12. The van der Waals surface area contributed by atoms with Crippen LogP contribution in [0.25, 0.3) is 0 Å². The fraction of sp³-hybridized carbons (Fsp3) is 0.500. The zero-order valence-corrected chi connectivity index (χ0v) is 12.4. The molecule has 0 aliphatic carbocycles. The van der Waals surface area contributed by atoms with E-state index in [1.54, 1.807) is 0 Å². The summed E-state index contributed by atoms with van der Waals surface area (Å²) in [6, 6.07) is 2.82. The highest BCUT2D eigenvalue weighted by atomic mass is 16.4. The van der Waals surface area contributed by atoms with Crippen molar-refractivity contribution in [3.05, 3.63) is 34.4 Å². The van der Waals surface area contributed by atoms with Gasteiger partial charge in [0.15, 0.2) is 0 Å². The van der Waals surface area contributed by atoms with Crippen molar-refractivity contribution in [1.29, 1.82) is 0 Å². The van der Waals surface area contributed by atoms with E-state index in [1.165, 1.54) is 12.1 Å². The fourth-order valence-corrected chi connectivity index (χ4v) is 2.38. The minimum absolute atomic E-state index is 0.222. The Bertz CT molecular complexity index is 468. The molecule has 1 aromatic rings. The molecule has 0 fully saturated rings. The number of rotatable bonds is 6. The molecule has 0 atom stereocenters. The second-order valence-electron chi connectivity index (χ2n) is 5.92. The molecule has 0 saturated heterocycles. The molecule has 0 aromatic heterocycles. The first-order valence-corrected chi connectivity index (χ1v) is 6.85. The maximum Gasteiger partial charge on any atom is 0.335 e. The van der Waals surface area contributed by atoms with Crippen LogP contribution >= 0.6 is 0 Å². The maximum absolute atomic E-state index is 11.4. The second kappa shape index (κ2) is 6.55. The Balaban J connectivity index is 3.53. The number of carbonyl (C=O) groups is 2. The van der Waals surface area contributed by atoms with Crippen LogP contribution < -0.4 is 0 Å². The molecule has 2 N–H and O–H groups in total. The van der Waals surface area contributed by atoms with Gasteiger partial charge in [0.2, 0.25) is 0 Å². The Morgan fingerprint density at radius 3 is 1.35 bits per heavy atom. The van der Waals surface area contributed by atoms with E-state index in [0.717, 1.165) is 0 Å². The third-order valence-electron chi connectivity index (χ3n) is 3.12. The van der Waals surface area contributed by atoms with Gasteiger partial charge in [-0.25, -0.2) is 9.59 Å². The SMILES string of the molecule is CC(C)Cc1c(C(=O)O)ccc(C(=O)O)c1CC(C)C. The van der Waals surface area contributed by atoms with Gasteiger partial charge in [-0.1, -0.05) is 27.7 Å². The minimum atomic E-state index is -0.998. The predicted octanol–water partition coefficient (Wildman–Crippen LogP) is 3.48. The summed E-state index contributed by atoms with van der Waals surface area (Å²) in [6.07, 6.45) is 1.15. The number of aromatic carboxylic acids is 2. The number of carboxylic acid groups (broad SMARTS) is 2. The molecule has 0 saturated carbocycles. The van der Waals surface area contributed by atoms with E-state index in [-0.39, 0.29) is 23.0 Å². The predicted molar refractivity (Wildman–Crippen MR) is 77.4 cm³/mol. The number of hydrogen-bond acceptors (Lipinski definition) is 2. The third kappa shape index (κ3) is 3.83. The van der Waals surface area contributed by atoms with Gasteiger partial charge >= 0.3 is 11.9 Å². The van der Waals surface area contributed by atoms with Crippen molar-refractivity contribution < 1.29 is 19.8 Å². The summed E-state index contributed by atoms with van der Waals surface area (Å²) in [5.74, 6) is -1.46. The Morgan fingerprint density at radius 2 is 1.15 bits per heavy atom.